The highest BCUT2D eigenvalue weighted by Gasteiger charge is 2.38. The average molecular weight is 373 g/mol. The fourth-order valence-electron chi connectivity index (χ4n) is 2.89. The van der Waals surface area contributed by atoms with E-state index in [4.69, 9.17) is 9.57 Å². The molecule has 1 heterocycles. The second-order valence-corrected chi connectivity index (χ2v) is 6.09. The van der Waals surface area contributed by atoms with Crippen molar-refractivity contribution in [3.05, 3.63) is 90.0 Å². The minimum Gasteiger partial charge on any atom is -0.482 e. The Bertz CT molecular complexity index is 1010. The highest BCUT2D eigenvalue weighted by molar-refractivity contribution is 6.20. The number of carbonyl (C=O) groups is 3. The van der Waals surface area contributed by atoms with Gasteiger partial charge in [0.15, 0.2) is 6.61 Å². The molecule has 0 N–H and O–H groups in total. The molecule has 0 saturated heterocycles. The molecule has 1 aliphatic rings. The maximum absolute atomic E-state index is 12.2. The van der Waals surface area contributed by atoms with Gasteiger partial charge in [0.25, 0.3) is 11.8 Å². The molecule has 0 unspecified atom stereocenters. The van der Waals surface area contributed by atoms with Crippen LogP contribution in [-0.4, -0.2) is 29.5 Å². The van der Waals surface area contributed by atoms with E-state index >= 15 is 0 Å². The molecule has 4 rings (SSSR count). The van der Waals surface area contributed by atoms with Gasteiger partial charge in [-0.1, -0.05) is 59.7 Å². The highest BCUT2D eigenvalue weighted by atomic mass is 16.7. The quantitative estimate of drug-likeness (QED) is 0.640. The normalized spacial score (nSPS) is 12.6. The van der Waals surface area contributed by atoms with E-state index in [1.165, 1.54) is 12.1 Å². The van der Waals surface area contributed by atoms with E-state index in [2.05, 4.69) is 0 Å². The van der Waals surface area contributed by atoms with Crippen LogP contribution in [0.2, 0.25) is 0 Å². The predicted molar refractivity (Wildman–Crippen MR) is 100 cm³/mol. The van der Waals surface area contributed by atoms with Crippen molar-refractivity contribution in [2.24, 2.45) is 0 Å². The molecule has 6 nitrogen and oxygen atoms in total. The monoisotopic (exact) mass is 373 g/mol. The molecule has 0 radical (unpaired) electrons. The Morgan fingerprint density at radius 3 is 1.86 bits per heavy atom. The molecule has 0 aromatic heterocycles. The van der Waals surface area contributed by atoms with Crippen LogP contribution in [0.1, 0.15) is 20.7 Å². The van der Waals surface area contributed by atoms with Gasteiger partial charge in [0.2, 0.25) is 0 Å². The fourth-order valence-corrected chi connectivity index (χ4v) is 2.89. The van der Waals surface area contributed by atoms with Crippen LogP contribution < -0.4 is 4.74 Å². The number of hydrogen-bond acceptors (Lipinski definition) is 5. The van der Waals surface area contributed by atoms with Crippen LogP contribution in [0.15, 0.2) is 78.9 Å². The molecular formula is C22H15NO5. The lowest BCUT2D eigenvalue weighted by molar-refractivity contribution is -0.170. The number of fused-ring (bicyclic) bond motifs is 1. The largest absolute Gasteiger partial charge is 0.482 e. The highest BCUT2D eigenvalue weighted by Crippen LogP contribution is 2.24. The van der Waals surface area contributed by atoms with Crippen LogP contribution in [0, 0.1) is 0 Å². The maximum atomic E-state index is 12.2. The van der Waals surface area contributed by atoms with Crippen molar-refractivity contribution >= 4 is 17.8 Å². The van der Waals surface area contributed by atoms with Gasteiger partial charge in [0, 0.05) is 0 Å². The van der Waals surface area contributed by atoms with E-state index in [1.807, 2.05) is 42.5 Å². The van der Waals surface area contributed by atoms with E-state index in [0.717, 1.165) is 11.1 Å². The molecular weight excluding hydrogens is 358 g/mol. The van der Waals surface area contributed by atoms with Crippen LogP contribution in [0.5, 0.6) is 5.75 Å². The summed E-state index contributed by atoms with van der Waals surface area (Å²) in [7, 11) is 0. The summed E-state index contributed by atoms with van der Waals surface area (Å²) in [6.07, 6.45) is 0. The smallest absolute Gasteiger partial charge is 0.370 e. The average Bonchev–Trinajstić information content (AvgIpc) is 2.98. The first kappa shape index (κ1) is 17.5. The first-order valence-electron chi connectivity index (χ1n) is 8.60. The fraction of sp³-hybridized carbons (Fsp3) is 0.0455. The Morgan fingerprint density at radius 1 is 0.714 bits per heavy atom. The number of hydroxylamine groups is 2. The van der Waals surface area contributed by atoms with Crippen LogP contribution in [-0.2, 0) is 9.63 Å². The standard InChI is InChI=1S/C22H15NO5/c24-20(28-23-21(25)18-8-4-5-9-19(18)22(23)26)14-27-17-12-10-16(11-13-17)15-6-2-1-3-7-15/h1-13H,14H2. The second-order valence-electron chi connectivity index (χ2n) is 6.09. The van der Waals surface area contributed by atoms with Crippen molar-refractivity contribution in [1.29, 1.82) is 0 Å². The lowest BCUT2D eigenvalue weighted by Crippen LogP contribution is -2.34. The Hall–Kier alpha value is -3.93. The van der Waals surface area contributed by atoms with Crippen LogP contribution in [0.4, 0.5) is 0 Å². The first-order valence-corrected chi connectivity index (χ1v) is 8.60. The molecule has 0 atom stereocenters. The number of imide groups is 1. The number of hydrogen-bond donors (Lipinski definition) is 0. The Morgan fingerprint density at radius 2 is 1.25 bits per heavy atom. The van der Waals surface area contributed by atoms with E-state index in [0.29, 0.717) is 10.8 Å². The number of benzene rings is 3. The van der Waals surface area contributed by atoms with E-state index in [-0.39, 0.29) is 11.1 Å². The summed E-state index contributed by atoms with van der Waals surface area (Å²) in [5.41, 5.74) is 2.50. The third kappa shape index (κ3) is 3.35. The number of carbonyl (C=O) groups excluding carboxylic acids is 3. The van der Waals surface area contributed by atoms with Crippen LogP contribution >= 0.6 is 0 Å². The summed E-state index contributed by atoms with van der Waals surface area (Å²) in [5, 5.41) is 0.467. The first-order chi connectivity index (χ1) is 13.6. The van der Waals surface area contributed by atoms with Crippen molar-refractivity contribution in [3.63, 3.8) is 0 Å². The Balaban J connectivity index is 1.35. The van der Waals surface area contributed by atoms with Crippen molar-refractivity contribution in [2.75, 3.05) is 6.61 Å². The van der Waals surface area contributed by atoms with Gasteiger partial charge in [0.05, 0.1) is 11.1 Å². The molecule has 1 aliphatic heterocycles. The number of rotatable bonds is 5. The molecule has 3 aromatic carbocycles. The lowest BCUT2D eigenvalue weighted by Gasteiger charge is -2.13. The minimum atomic E-state index is -0.846. The Kier molecular flexibility index (Phi) is 4.60. The molecule has 0 bridgehead atoms. The van der Waals surface area contributed by atoms with Crippen LogP contribution in [0.25, 0.3) is 11.1 Å². The number of ether oxygens (including phenoxy) is 1. The topological polar surface area (TPSA) is 72.9 Å². The van der Waals surface area contributed by atoms with Gasteiger partial charge in [-0.2, -0.15) is 0 Å². The molecule has 0 fully saturated rings. The van der Waals surface area contributed by atoms with Crippen LogP contribution in [0.3, 0.4) is 0 Å². The van der Waals surface area contributed by atoms with Crippen molar-refractivity contribution in [3.8, 4) is 16.9 Å². The van der Waals surface area contributed by atoms with Crippen molar-refractivity contribution < 1.29 is 24.0 Å². The van der Waals surface area contributed by atoms with Gasteiger partial charge in [-0.05, 0) is 35.4 Å². The van der Waals surface area contributed by atoms with Gasteiger partial charge in [-0.3, -0.25) is 9.59 Å². The minimum absolute atomic E-state index is 0.206. The summed E-state index contributed by atoms with van der Waals surface area (Å²) < 4.78 is 5.39. The zero-order chi connectivity index (χ0) is 19.5. The molecule has 2 amide bonds. The van der Waals surface area contributed by atoms with E-state index in [9.17, 15) is 14.4 Å². The molecule has 138 valence electrons. The lowest BCUT2D eigenvalue weighted by atomic mass is 10.1. The van der Waals surface area contributed by atoms with Gasteiger partial charge >= 0.3 is 5.97 Å². The SMILES string of the molecule is O=C(COc1ccc(-c2ccccc2)cc1)ON1C(=O)c2ccccc2C1=O. The van der Waals surface area contributed by atoms with Crippen molar-refractivity contribution in [2.45, 2.75) is 0 Å². The predicted octanol–water partition coefficient (Wildman–Crippen LogP) is 3.49. The summed E-state index contributed by atoms with van der Waals surface area (Å²) in [6, 6.07) is 23.3. The second kappa shape index (κ2) is 7.36. The zero-order valence-corrected chi connectivity index (χ0v) is 14.7. The van der Waals surface area contributed by atoms with Gasteiger partial charge in [-0.25, -0.2) is 4.79 Å². The third-order valence-corrected chi connectivity index (χ3v) is 4.27. The van der Waals surface area contributed by atoms with Gasteiger partial charge in [0.1, 0.15) is 5.75 Å². The summed E-state index contributed by atoms with van der Waals surface area (Å²) in [6.45, 7) is -0.432. The summed E-state index contributed by atoms with van der Waals surface area (Å²) in [5.74, 6) is -1.71. The Labute approximate surface area is 160 Å². The summed E-state index contributed by atoms with van der Waals surface area (Å²) >= 11 is 0. The third-order valence-electron chi connectivity index (χ3n) is 4.27. The molecule has 0 aliphatic carbocycles. The molecule has 28 heavy (non-hydrogen) atoms. The molecule has 3 aromatic rings. The maximum Gasteiger partial charge on any atom is 0.370 e. The number of nitrogens with zero attached hydrogens (tertiary/aromatic N) is 1. The van der Waals surface area contributed by atoms with Crippen molar-refractivity contribution in [1.82, 2.24) is 5.06 Å². The zero-order valence-electron chi connectivity index (χ0n) is 14.7. The summed E-state index contributed by atoms with van der Waals surface area (Å²) in [4.78, 5) is 41.3. The van der Waals surface area contributed by atoms with E-state index in [1.54, 1.807) is 24.3 Å². The molecule has 0 saturated carbocycles. The number of amides is 2. The van der Waals surface area contributed by atoms with E-state index < -0.39 is 24.4 Å². The van der Waals surface area contributed by atoms with Gasteiger partial charge < -0.3 is 9.57 Å². The van der Waals surface area contributed by atoms with Gasteiger partial charge in [-0.15, -0.1) is 0 Å². The molecule has 6 heteroatoms. The molecule has 0 spiro atoms.